The summed E-state index contributed by atoms with van der Waals surface area (Å²) in [5.74, 6) is 2.23. The summed E-state index contributed by atoms with van der Waals surface area (Å²) in [6.45, 7) is 4.09. The van der Waals surface area contributed by atoms with E-state index in [-0.39, 0.29) is 12.5 Å². The molecule has 1 aliphatic rings. The molecule has 0 unspecified atom stereocenters. The number of nitrogens with one attached hydrogen (secondary N) is 1. The highest BCUT2D eigenvalue weighted by Crippen LogP contribution is 2.22. The molecule has 1 amide bonds. The standard InChI is InChI=1S/C17H22N4O2S/c1-12-7-9-20(10-8-12)15(22)11-21-16(18-19-17(21)24)13-3-5-14(23-2)6-4-13/h3-6,12H,7-11H2,1-2H3,(H,19,24). The van der Waals surface area contributed by atoms with Gasteiger partial charge in [-0.05, 0) is 55.2 Å². The Bertz CT molecular complexity index is 758. The number of rotatable bonds is 4. The van der Waals surface area contributed by atoms with Crippen LogP contribution in [0.25, 0.3) is 11.4 Å². The van der Waals surface area contributed by atoms with Crippen LogP contribution in [0.4, 0.5) is 0 Å². The number of aromatic amines is 1. The van der Waals surface area contributed by atoms with E-state index in [0.717, 1.165) is 37.2 Å². The first-order chi connectivity index (χ1) is 11.6. The lowest BCUT2D eigenvalue weighted by atomic mass is 9.99. The monoisotopic (exact) mass is 346 g/mol. The van der Waals surface area contributed by atoms with Crippen LogP contribution in [0.2, 0.25) is 0 Å². The lowest BCUT2D eigenvalue weighted by Gasteiger charge is -2.30. The van der Waals surface area contributed by atoms with Crippen LogP contribution in [-0.2, 0) is 11.3 Å². The molecule has 128 valence electrons. The van der Waals surface area contributed by atoms with Crippen molar-refractivity contribution in [2.45, 2.75) is 26.3 Å². The average Bonchev–Trinajstić information content (AvgIpc) is 2.96. The predicted molar refractivity (Wildman–Crippen MR) is 94.4 cm³/mol. The maximum absolute atomic E-state index is 12.6. The SMILES string of the molecule is COc1ccc(-c2n[nH]c(=S)n2CC(=O)N2CCC(C)CC2)cc1. The molecular formula is C17H22N4O2S. The van der Waals surface area contributed by atoms with Crippen LogP contribution in [0.3, 0.4) is 0 Å². The minimum Gasteiger partial charge on any atom is -0.497 e. The van der Waals surface area contributed by atoms with Gasteiger partial charge in [-0.1, -0.05) is 6.92 Å². The fraction of sp³-hybridized carbons (Fsp3) is 0.471. The number of aromatic nitrogens is 3. The first-order valence-corrected chi connectivity index (χ1v) is 8.56. The summed E-state index contributed by atoms with van der Waals surface area (Å²) in [4.78, 5) is 14.5. The second-order valence-electron chi connectivity index (χ2n) is 6.23. The minimum atomic E-state index is 0.0918. The summed E-state index contributed by atoms with van der Waals surface area (Å²) in [6.07, 6.45) is 2.13. The summed E-state index contributed by atoms with van der Waals surface area (Å²) in [5.41, 5.74) is 0.892. The fourth-order valence-corrected chi connectivity index (χ4v) is 3.11. The maximum atomic E-state index is 12.6. The zero-order valence-corrected chi connectivity index (χ0v) is 14.8. The highest BCUT2D eigenvalue weighted by Gasteiger charge is 2.22. The second-order valence-corrected chi connectivity index (χ2v) is 6.62. The summed E-state index contributed by atoms with van der Waals surface area (Å²) in [7, 11) is 1.63. The van der Waals surface area contributed by atoms with E-state index in [2.05, 4.69) is 17.1 Å². The molecule has 0 aliphatic carbocycles. The van der Waals surface area contributed by atoms with Crippen molar-refractivity contribution in [2.24, 2.45) is 5.92 Å². The van der Waals surface area contributed by atoms with Gasteiger partial charge < -0.3 is 9.64 Å². The maximum Gasteiger partial charge on any atom is 0.242 e. The summed E-state index contributed by atoms with van der Waals surface area (Å²) < 4.78 is 7.40. The number of piperidine rings is 1. The molecule has 2 aromatic rings. The van der Waals surface area contributed by atoms with Crippen molar-refractivity contribution in [2.75, 3.05) is 20.2 Å². The van der Waals surface area contributed by atoms with Crippen LogP contribution >= 0.6 is 12.2 Å². The van der Waals surface area contributed by atoms with Gasteiger partial charge in [-0.3, -0.25) is 14.5 Å². The van der Waals surface area contributed by atoms with E-state index in [1.54, 1.807) is 11.7 Å². The number of carbonyl (C=O) groups excluding carboxylic acids is 1. The quantitative estimate of drug-likeness (QED) is 0.865. The molecule has 1 N–H and O–H groups in total. The normalized spacial score (nSPS) is 15.5. The van der Waals surface area contributed by atoms with Gasteiger partial charge in [0.15, 0.2) is 10.6 Å². The molecule has 24 heavy (non-hydrogen) atoms. The Hall–Kier alpha value is -2.15. The highest BCUT2D eigenvalue weighted by atomic mass is 32.1. The zero-order chi connectivity index (χ0) is 17.1. The van der Waals surface area contributed by atoms with Gasteiger partial charge in [0.1, 0.15) is 12.3 Å². The molecule has 2 heterocycles. The molecular weight excluding hydrogens is 324 g/mol. The number of methoxy groups -OCH3 is 1. The Morgan fingerprint density at radius 3 is 2.62 bits per heavy atom. The third-order valence-electron chi connectivity index (χ3n) is 4.54. The number of carbonyl (C=O) groups is 1. The van der Waals surface area contributed by atoms with Crippen molar-refractivity contribution in [3.05, 3.63) is 29.0 Å². The third kappa shape index (κ3) is 3.51. The third-order valence-corrected chi connectivity index (χ3v) is 4.85. The van der Waals surface area contributed by atoms with Gasteiger partial charge in [0.05, 0.1) is 7.11 Å². The van der Waals surface area contributed by atoms with Crippen LogP contribution in [0.1, 0.15) is 19.8 Å². The Morgan fingerprint density at radius 1 is 1.33 bits per heavy atom. The van der Waals surface area contributed by atoms with E-state index < -0.39 is 0 Å². The number of hydrogen-bond acceptors (Lipinski definition) is 4. The van der Waals surface area contributed by atoms with Gasteiger partial charge in [-0.25, -0.2) is 0 Å². The van der Waals surface area contributed by atoms with E-state index in [4.69, 9.17) is 17.0 Å². The molecule has 0 atom stereocenters. The van der Waals surface area contributed by atoms with Crippen LogP contribution in [0.5, 0.6) is 5.75 Å². The van der Waals surface area contributed by atoms with Gasteiger partial charge >= 0.3 is 0 Å². The molecule has 1 fully saturated rings. The zero-order valence-electron chi connectivity index (χ0n) is 14.0. The fourth-order valence-electron chi connectivity index (χ4n) is 2.92. The Morgan fingerprint density at radius 2 is 2.00 bits per heavy atom. The van der Waals surface area contributed by atoms with Crippen LogP contribution in [-0.4, -0.2) is 45.8 Å². The number of H-pyrrole nitrogens is 1. The molecule has 0 saturated carbocycles. The van der Waals surface area contributed by atoms with E-state index >= 15 is 0 Å². The molecule has 0 radical (unpaired) electrons. The van der Waals surface area contributed by atoms with Crippen LogP contribution in [0.15, 0.2) is 24.3 Å². The van der Waals surface area contributed by atoms with Crippen molar-refractivity contribution in [1.82, 2.24) is 19.7 Å². The van der Waals surface area contributed by atoms with Gasteiger partial charge in [-0.15, -0.1) is 0 Å². The first-order valence-electron chi connectivity index (χ1n) is 8.16. The average molecular weight is 346 g/mol. The lowest BCUT2D eigenvalue weighted by molar-refractivity contribution is -0.133. The number of nitrogens with zero attached hydrogens (tertiary/aromatic N) is 3. The lowest BCUT2D eigenvalue weighted by Crippen LogP contribution is -2.39. The van der Waals surface area contributed by atoms with Gasteiger partial charge in [0, 0.05) is 18.7 Å². The molecule has 1 saturated heterocycles. The summed E-state index contributed by atoms with van der Waals surface area (Å²) in [5, 5.41) is 7.08. The Balaban J connectivity index is 1.79. The molecule has 0 spiro atoms. The molecule has 7 heteroatoms. The van der Waals surface area contributed by atoms with Crippen molar-refractivity contribution in [3.8, 4) is 17.1 Å². The van der Waals surface area contributed by atoms with Crippen LogP contribution in [0, 0.1) is 10.7 Å². The smallest absolute Gasteiger partial charge is 0.242 e. The largest absolute Gasteiger partial charge is 0.497 e. The predicted octanol–water partition coefficient (Wildman–Crippen LogP) is 2.87. The van der Waals surface area contributed by atoms with E-state index in [0.29, 0.717) is 16.5 Å². The Labute approximate surface area is 146 Å². The number of amides is 1. The minimum absolute atomic E-state index is 0.0918. The van der Waals surface area contributed by atoms with Crippen LogP contribution < -0.4 is 4.74 Å². The molecule has 6 nitrogen and oxygen atoms in total. The number of likely N-dealkylation sites (tertiary alicyclic amines) is 1. The number of benzene rings is 1. The first kappa shape index (κ1) is 16.7. The Kier molecular flexibility index (Phi) is 4.99. The molecule has 0 bridgehead atoms. The van der Waals surface area contributed by atoms with Gasteiger partial charge in [-0.2, -0.15) is 5.10 Å². The van der Waals surface area contributed by atoms with Crippen molar-refractivity contribution < 1.29 is 9.53 Å². The highest BCUT2D eigenvalue weighted by molar-refractivity contribution is 7.71. The van der Waals surface area contributed by atoms with Gasteiger partial charge in [0.2, 0.25) is 5.91 Å². The second kappa shape index (κ2) is 7.17. The van der Waals surface area contributed by atoms with Gasteiger partial charge in [0.25, 0.3) is 0 Å². The molecule has 1 aromatic heterocycles. The number of hydrogen-bond donors (Lipinski definition) is 1. The van der Waals surface area contributed by atoms with E-state index in [1.807, 2.05) is 29.2 Å². The molecule has 1 aromatic carbocycles. The molecule has 1 aliphatic heterocycles. The van der Waals surface area contributed by atoms with Crippen molar-refractivity contribution >= 4 is 18.1 Å². The van der Waals surface area contributed by atoms with Crippen molar-refractivity contribution in [3.63, 3.8) is 0 Å². The number of ether oxygens (including phenoxy) is 1. The summed E-state index contributed by atoms with van der Waals surface area (Å²) >= 11 is 5.31. The summed E-state index contributed by atoms with van der Waals surface area (Å²) in [6, 6.07) is 7.55. The van der Waals surface area contributed by atoms with E-state index in [1.165, 1.54) is 0 Å². The van der Waals surface area contributed by atoms with E-state index in [9.17, 15) is 4.79 Å². The molecule has 3 rings (SSSR count). The topological polar surface area (TPSA) is 63.1 Å². The van der Waals surface area contributed by atoms with Crippen molar-refractivity contribution in [1.29, 1.82) is 0 Å².